The Morgan fingerprint density at radius 1 is 1.09 bits per heavy atom. The second-order valence-electron chi connectivity index (χ2n) is 10.3. The minimum atomic E-state index is -0.431. The van der Waals surface area contributed by atoms with Gasteiger partial charge in [0.2, 0.25) is 0 Å². The first-order chi connectivity index (χ1) is 15.8. The molecule has 0 radical (unpaired) electrons. The van der Waals surface area contributed by atoms with E-state index in [0.29, 0.717) is 19.6 Å². The van der Waals surface area contributed by atoms with Crippen molar-refractivity contribution in [3.05, 3.63) is 78.2 Å². The summed E-state index contributed by atoms with van der Waals surface area (Å²) in [6.45, 7) is 9.38. The lowest BCUT2D eigenvalue weighted by atomic mass is 9.84. The molecule has 1 N–H and O–H groups in total. The van der Waals surface area contributed by atoms with E-state index in [1.165, 1.54) is 5.56 Å². The third-order valence-electron chi connectivity index (χ3n) is 6.65. The van der Waals surface area contributed by atoms with Gasteiger partial charge in [0.05, 0.1) is 18.3 Å². The van der Waals surface area contributed by atoms with E-state index in [2.05, 4.69) is 73.3 Å². The fourth-order valence-corrected chi connectivity index (χ4v) is 5.09. The molecule has 2 aliphatic rings. The fraction of sp³-hybridized carbons (Fsp3) is 0.407. The zero-order valence-corrected chi connectivity index (χ0v) is 19.6. The van der Waals surface area contributed by atoms with Gasteiger partial charge >= 0.3 is 6.09 Å². The minimum absolute atomic E-state index is 0.217. The lowest BCUT2D eigenvalue weighted by Crippen LogP contribution is -2.42. The van der Waals surface area contributed by atoms with Crippen molar-refractivity contribution in [2.24, 2.45) is 5.41 Å². The first-order valence-corrected chi connectivity index (χ1v) is 11.7. The molecule has 6 nitrogen and oxygen atoms in total. The molecule has 2 fully saturated rings. The number of carbonyl (C=O) groups excluding carboxylic acids is 1. The molecule has 172 valence electrons. The van der Waals surface area contributed by atoms with Gasteiger partial charge in [-0.25, -0.2) is 9.78 Å². The van der Waals surface area contributed by atoms with Gasteiger partial charge in [0.25, 0.3) is 0 Å². The van der Waals surface area contributed by atoms with Crippen molar-refractivity contribution >= 4 is 6.09 Å². The van der Waals surface area contributed by atoms with E-state index in [1.807, 2.05) is 29.2 Å². The van der Waals surface area contributed by atoms with Crippen LogP contribution in [0, 0.1) is 5.41 Å². The van der Waals surface area contributed by atoms with Crippen LogP contribution in [0.25, 0.3) is 11.3 Å². The van der Waals surface area contributed by atoms with Crippen LogP contribution in [0.1, 0.15) is 44.6 Å². The molecule has 3 aromatic rings. The molecule has 3 heterocycles. The maximum atomic E-state index is 13.2. The van der Waals surface area contributed by atoms with E-state index in [4.69, 9.17) is 9.72 Å². The second kappa shape index (κ2) is 8.34. The number of rotatable bonds is 5. The van der Waals surface area contributed by atoms with E-state index in [1.54, 1.807) is 0 Å². The van der Waals surface area contributed by atoms with Crippen molar-refractivity contribution < 1.29 is 9.53 Å². The van der Waals surface area contributed by atoms with E-state index in [0.717, 1.165) is 30.0 Å². The average Bonchev–Trinajstić information content (AvgIpc) is 3.49. The molecule has 0 bridgehead atoms. The van der Waals surface area contributed by atoms with Crippen molar-refractivity contribution in [1.29, 1.82) is 0 Å². The third kappa shape index (κ3) is 4.27. The first kappa shape index (κ1) is 21.7. The molecule has 2 aliphatic heterocycles. The molecular formula is C27H32N4O2. The summed E-state index contributed by atoms with van der Waals surface area (Å²) in [5.74, 6) is 0.894. The number of amides is 1. The molecule has 2 saturated heterocycles. The fourth-order valence-electron chi connectivity index (χ4n) is 5.09. The molecule has 1 aromatic heterocycles. The molecule has 0 saturated carbocycles. The molecule has 33 heavy (non-hydrogen) atoms. The topological polar surface area (TPSA) is 59.4 Å². The predicted molar refractivity (Wildman–Crippen MR) is 129 cm³/mol. The average molecular weight is 445 g/mol. The number of aromatic nitrogens is 2. The van der Waals surface area contributed by atoms with E-state index in [9.17, 15) is 4.79 Å². The van der Waals surface area contributed by atoms with Gasteiger partial charge in [0.1, 0.15) is 11.4 Å². The maximum Gasteiger partial charge on any atom is 0.411 e. The van der Waals surface area contributed by atoms with Crippen molar-refractivity contribution in [1.82, 2.24) is 19.8 Å². The Morgan fingerprint density at radius 2 is 1.79 bits per heavy atom. The number of imidazole rings is 1. The molecule has 1 amide bonds. The van der Waals surface area contributed by atoms with Crippen LogP contribution in [-0.4, -0.2) is 45.8 Å². The Kier molecular flexibility index (Phi) is 5.49. The van der Waals surface area contributed by atoms with E-state index < -0.39 is 5.60 Å². The Bertz CT molecular complexity index is 1110. The summed E-state index contributed by atoms with van der Waals surface area (Å²) >= 11 is 0. The van der Waals surface area contributed by atoms with Gasteiger partial charge in [0, 0.05) is 31.3 Å². The van der Waals surface area contributed by atoms with Gasteiger partial charge in [-0.3, -0.25) is 4.90 Å². The lowest BCUT2D eigenvalue weighted by Gasteiger charge is -2.36. The summed E-state index contributed by atoms with van der Waals surface area (Å²) in [6, 6.07) is 20.4. The molecule has 0 unspecified atom stereocenters. The van der Waals surface area contributed by atoms with Crippen LogP contribution in [0.15, 0.2) is 66.9 Å². The standard InChI is InChI=1S/C27H32N4O2/c1-26(2,3)23(31-19-27(33-25(31)32)14-15-28-18-27)24-29-22(21-12-8-5-9-13-21)17-30(24)16-20-10-6-4-7-11-20/h4-13,17,23,28H,14-16,18-19H2,1-3H3/t23-,27-/m0/s1. The molecule has 0 aliphatic carbocycles. The normalized spacial score (nSPS) is 21.5. The van der Waals surface area contributed by atoms with Gasteiger partial charge in [-0.1, -0.05) is 81.4 Å². The molecule has 2 aromatic carbocycles. The largest absolute Gasteiger partial charge is 0.439 e. The highest BCUT2D eigenvalue weighted by Crippen LogP contribution is 2.43. The summed E-state index contributed by atoms with van der Waals surface area (Å²) < 4.78 is 8.16. The highest BCUT2D eigenvalue weighted by Gasteiger charge is 2.52. The zero-order chi connectivity index (χ0) is 23.1. The van der Waals surface area contributed by atoms with Gasteiger partial charge in [-0.2, -0.15) is 0 Å². The zero-order valence-electron chi connectivity index (χ0n) is 19.6. The van der Waals surface area contributed by atoms with Crippen molar-refractivity contribution in [2.45, 2.75) is 45.4 Å². The lowest BCUT2D eigenvalue weighted by molar-refractivity contribution is 0.0714. The maximum absolute atomic E-state index is 13.2. The summed E-state index contributed by atoms with van der Waals surface area (Å²) in [5.41, 5.74) is 2.52. The van der Waals surface area contributed by atoms with Gasteiger partial charge in [0.15, 0.2) is 0 Å². The summed E-state index contributed by atoms with van der Waals surface area (Å²) in [5, 5.41) is 3.36. The summed E-state index contributed by atoms with van der Waals surface area (Å²) in [6.07, 6.45) is 2.72. The first-order valence-electron chi connectivity index (χ1n) is 11.7. The third-order valence-corrected chi connectivity index (χ3v) is 6.65. The molecule has 5 rings (SSSR count). The number of nitrogens with one attached hydrogen (secondary N) is 1. The molecule has 1 spiro atoms. The number of nitrogens with zero attached hydrogens (tertiary/aromatic N) is 3. The van der Waals surface area contributed by atoms with Crippen molar-refractivity contribution in [2.75, 3.05) is 19.6 Å². The Morgan fingerprint density at radius 3 is 2.42 bits per heavy atom. The Balaban J connectivity index is 1.59. The van der Waals surface area contributed by atoms with Gasteiger partial charge in [-0.15, -0.1) is 0 Å². The molecule has 2 atom stereocenters. The predicted octanol–water partition coefficient (Wildman–Crippen LogP) is 4.87. The molecule has 6 heteroatoms. The van der Waals surface area contributed by atoms with Crippen LogP contribution in [0.2, 0.25) is 0 Å². The Hall–Kier alpha value is -3.12. The van der Waals surface area contributed by atoms with Crippen LogP contribution < -0.4 is 5.32 Å². The van der Waals surface area contributed by atoms with Crippen LogP contribution in [0.5, 0.6) is 0 Å². The van der Waals surface area contributed by atoms with Gasteiger partial charge < -0.3 is 14.6 Å². The van der Waals surface area contributed by atoms with Crippen LogP contribution in [0.3, 0.4) is 0 Å². The quantitative estimate of drug-likeness (QED) is 0.610. The SMILES string of the molecule is CC(C)(C)[C@H](c1nc(-c2ccccc2)cn1Cc1ccccc1)N1C[C@@]2(CCNC2)OC1=O. The van der Waals surface area contributed by atoms with Crippen LogP contribution >= 0.6 is 0 Å². The molecular weight excluding hydrogens is 412 g/mol. The number of hydrogen-bond acceptors (Lipinski definition) is 4. The van der Waals surface area contributed by atoms with Crippen molar-refractivity contribution in [3.63, 3.8) is 0 Å². The monoisotopic (exact) mass is 444 g/mol. The minimum Gasteiger partial charge on any atom is -0.439 e. The second-order valence-corrected chi connectivity index (χ2v) is 10.3. The number of carbonyl (C=O) groups is 1. The van der Waals surface area contributed by atoms with Crippen LogP contribution in [0.4, 0.5) is 4.79 Å². The highest BCUT2D eigenvalue weighted by atomic mass is 16.6. The van der Waals surface area contributed by atoms with E-state index >= 15 is 0 Å². The van der Waals surface area contributed by atoms with Crippen LogP contribution in [-0.2, 0) is 11.3 Å². The van der Waals surface area contributed by atoms with E-state index in [-0.39, 0.29) is 17.6 Å². The highest BCUT2D eigenvalue weighted by molar-refractivity contribution is 5.72. The number of hydrogen-bond donors (Lipinski definition) is 1. The van der Waals surface area contributed by atoms with Gasteiger partial charge in [-0.05, 0) is 17.5 Å². The summed E-state index contributed by atoms with van der Waals surface area (Å²) in [7, 11) is 0. The number of benzene rings is 2. The number of ether oxygens (including phenoxy) is 1. The summed E-state index contributed by atoms with van der Waals surface area (Å²) in [4.78, 5) is 20.2. The van der Waals surface area contributed by atoms with Crippen molar-refractivity contribution in [3.8, 4) is 11.3 Å². The Labute approximate surface area is 195 Å². The smallest absolute Gasteiger partial charge is 0.411 e.